The Morgan fingerprint density at radius 1 is 0.933 bits per heavy atom. The Morgan fingerprint density at radius 3 is 2.43 bits per heavy atom. The Kier molecular flexibility index (Phi) is 6.32. The van der Waals surface area contributed by atoms with Crippen molar-refractivity contribution in [2.75, 3.05) is 43.4 Å². The Morgan fingerprint density at radius 2 is 1.63 bits per heavy atom. The lowest BCUT2D eigenvalue weighted by atomic mass is 10.0. The number of likely N-dealkylation sites (N-methyl/N-ethyl adjacent to an activating group) is 1. The van der Waals surface area contributed by atoms with E-state index in [1.165, 1.54) is 0 Å². The van der Waals surface area contributed by atoms with Crippen LogP contribution in [0.25, 0.3) is 10.8 Å². The highest BCUT2D eigenvalue weighted by molar-refractivity contribution is 9.10. The number of thiocarbonyl (C=S) groups is 1. The molecule has 1 aliphatic heterocycles. The van der Waals surface area contributed by atoms with Crippen LogP contribution in [0.1, 0.15) is 10.4 Å². The number of halogens is 1. The van der Waals surface area contributed by atoms with E-state index in [9.17, 15) is 4.79 Å². The predicted octanol–water partition coefficient (Wildman–Crippen LogP) is 4.48. The van der Waals surface area contributed by atoms with Crippen LogP contribution < -0.4 is 15.5 Å². The van der Waals surface area contributed by atoms with Crippen LogP contribution in [0, 0.1) is 0 Å². The lowest BCUT2D eigenvalue weighted by Gasteiger charge is -2.35. The van der Waals surface area contributed by atoms with E-state index in [1.54, 1.807) is 0 Å². The second-order valence-electron chi connectivity index (χ2n) is 7.36. The van der Waals surface area contributed by atoms with Crippen molar-refractivity contribution in [1.29, 1.82) is 0 Å². The number of carbonyl (C=O) groups is 1. The van der Waals surface area contributed by atoms with Gasteiger partial charge in [-0.15, -0.1) is 0 Å². The molecule has 0 aromatic heterocycles. The van der Waals surface area contributed by atoms with Crippen LogP contribution >= 0.6 is 28.1 Å². The number of para-hydroxylation sites is 2. The van der Waals surface area contributed by atoms with Crippen LogP contribution in [0.4, 0.5) is 11.4 Å². The Bertz CT molecular complexity index is 1100. The van der Waals surface area contributed by atoms with E-state index >= 15 is 0 Å². The molecule has 5 nitrogen and oxygen atoms in total. The zero-order valence-electron chi connectivity index (χ0n) is 16.7. The van der Waals surface area contributed by atoms with Crippen molar-refractivity contribution in [2.45, 2.75) is 0 Å². The van der Waals surface area contributed by atoms with Gasteiger partial charge in [0.1, 0.15) is 0 Å². The summed E-state index contributed by atoms with van der Waals surface area (Å²) in [6.07, 6.45) is 0. The first-order valence-corrected chi connectivity index (χ1v) is 11.0. The van der Waals surface area contributed by atoms with Crippen LogP contribution in [0.2, 0.25) is 0 Å². The molecule has 30 heavy (non-hydrogen) atoms. The van der Waals surface area contributed by atoms with Crippen LogP contribution in [-0.2, 0) is 0 Å². The van der Waals surface area contributed by atoms with E-state index in [0.29, 0.717) is 5.56 Å². The van der Waals surface area contributed by atoms with Crippen molar-refractivity contribution < 1.29 is 4.79 Å². The zero-order chi connectivity index (χ0) is 21.1. The van der Waals surface area contributed by atoms with Gasteiger partial charge in [0.15, 0.2) is 5.11 Å². The molecular formula is C23H23BrN4OS. The molecule has 1 saturated heterocycles. The number of amides is 1. The lowest BCUT2D eigenvalue weighted by Crippen LogP contribution is -2.45. The highest BCUT2D eigenvalue weighted by Gasteiger charge is 2.18. The second-order valence-corrected chi connectivity index (χ2v) is 8.62. The second kappa shape index (κ2) is 9.12. The van der Waals surface area contributed by atoms with Gasteiger partial charge < -0.3 is 15.1 Å². The fourth-order valence-electron chi connectivity index (χ4n) is 3.70. The van der Waals surface area contributed by atoms with E-state index < -0.39 is 0 Å². The molecule has 1 amide bonds. The first kappa shape index (κ1) is 20.8. The molecule has 4 rings (SSSR count). The minimum absolute atomic E-state index is 0.228. The highest BCUT2D eigenvalue weighted by Crippen LogP contribution is 2.28. The SMILES string of the molecule is CN1CCN(c2ccccc2NC(=S)NC(=O)c2cccc3c(Br)cccc23)CC1. The quantitative estimate of drug-likeness (QED) is 0.538. The first-order valence-electron chi connectivity index (χ1n) is 9.85. The molecule has 3 aromatic rings. The summed E-state index contributed by atoms with van der Waals surface area (Å²) >= 11 is 9.01. The molecule has 2 N–H and O–H groups in total. The number of hydrogen-bond donors (Lipinski definition) is 2. The average molecular weight is 483 g/mol. The molecule has 1 heterocycles. The lowest BCUT2D eigenvalue weighted by molar-refractivity contribution is 0.0979. The number of carbonyl (C=O) groups excluding carboxylic acids is 1. The Balaban J connectivity index is 1.50. The van der Waals surface area contributed by atoms with Crippen molar-refractivity contribution in [3.8, 4) is 0 Å². The number of fused-ring (bicyclic) bond motifs is 1. The summed E-state index contributed by atoms with van der Waals surface area (Å²) in [4.78, 5) is 17.6. The van der Waals surface area contributed by atoms with Gasteiger partial charge in [-0.25, -0.2) is 0 Å². The zero-order valence-corrected chi connectivity index (χ0v) is 19.1. The standard InChI is InChI=1S/C23H23BrN4OS/c1-27-12-14-28(15-13-27)21-11-3-2-10-20(21)25-23(30)26-22(29)18-8-4-7-17-16(18)6-5-9-19(17)24/h2-11H,12-15H2,1H3,(H2,25,26,29,30). The average Bonchev–Trinajstić information content (AvgIpc) is 2.75. The summed E-state index contributed by atoms with van der Waals surface area (Å²) in [5.41, 5.74) is 2.58. The Hall–Kier alpha value is -2.48. The van der Waals surface area contributed by atoms with Gasteiger partial charge in [-0.05, 0) is 54.3 Å². The van der Waals surface area contributed by atoms with Crippen molar-refractivity contribution in [2.24, 2.45) is 0 Å². The summed E-state index contributed by atoms with van der Waals surface area (Å²) < 4.78 is 0.955. The molecule has 154 valence electrons. The topological polar surface area (TPSA) is 47.6 Å². The van der Waals surface area contributed by atoms with Gasteiger partial charge in [0, 0.05) is 36.2 Å². The van der Waals surface area contributed by atoms with Crippen molar-refractivity contribution in [3.05, 3.63) is 70.7 Å². The molecule has 0 radical (unpaired) electrons. The summed E-state index contributed by atoms with van der Waals surface area (Å²) in [5.74, 6) is -0.228. The monoisotopic (exact) mass is 482 g/mol. The molecule has 0 spiro atoms. The number of nitrogens with one attached hydrogen (secondary N) is 2. The van der Waals surface area contributed by atoms with E-state index in [-0.39, 0.29) is 11.0 Å². The maximum Gasteiger partial charge on any atom is 0.258 e. The Labute approximate surface area is 190 Å². The predicted molar refractivity (Wildman–Crippen MR) is 131 cm³/mol. The van der Waals surface area contributed by atoms with Crippen LogP contribution in [0.3, 0.4) is 0 Å². The fraction of sp³-hybridized carbons (Fsp3) is 0.217. The third-order valence-electron chi connectivity index (χ3n) is 5.34. The number of rotatable bonds is 3. The van der Waals surface area contributed by atoms with Crippen LogP contribution in [0.15, 0.2) is 65.1 Å². The van der Waals surface area contributed by atoms with Gasteiger partial charge in [0.05, 0.1) is 11.4 Å². The first-order chi connectivity index (χ1) is 14.5. The summed E-state index contributed by atoms with van der Waals surface area (Å²) in [6, 6.07) is 19.6. The van der Waals surface area contributed by atoms with E-state index in [2.05, 4.69) is 49.5 Å². The van der Waals surface area contributed by atoms with Gasteiger partial charge in [-0.2, -0.15) is 0 Å². The van der Waals surface area contributed by atoms with Gasteiger partial charge in [0.25, 0.3) is 5.91 Å². The third-order valence-corrected chi connectivity index (χ3v) is 6.23. The summed E-state index contributed by atoms with van der Waals surface area (Å²) in [6.45, 7) is 3.96. The molecule has 3 aromatic carbocycles. The molecule has 0 aliphatic carbocycles. The minimum Gasteiger partial charge on any atom is -0.367 e. The smallest absolute Gasteiger partial charge is 0.258 e. The third kappa shape index (κ3) is 4.48. The molecule has 0 bridgehead atoms. The summed E-state index contributed by atoms with van der Waals surface area (Å²) in [5, 5.41) is 8.20. The van der Waals surface area contributed by atoms with Gasteiger partial charge >= 0.3 is 0 Å². The number of nitrogens with zero attached hydrogens (tertiary/aromatic N) is 2. The molecule has 0 unspecified atom stereocenters. The molecule has 1 fully saturated rings. The molecule has 7 heteroatoms. The van der Waals surface area contributed by atoms with E-state index in [1.807, 2.05) is 54.6 Å². The van der Waals surface area contributed by atoms with Crippen molar-refractivity contribution in [3.63, 3.8) is 0 Å². The van der Waals surface area contributed by atoms with E-state index in [4.69, 9.17) is 12.2 Å². The van der Waals surface area contributed by atoms with Crippen LogP contribution in [0.5, 0.6) is 0 Å². The van der Waals surface area contributed by atoms with Gasteiger partial charge in [-0.3, -0.25) is 10.1 Å². The maximum atomic E-state index is 12.9. The van der Waals surface area contributed by atoms with Gasteiger partial charge in [0.2, 0.25) is 0 Å². The van der Waals surface area contributed by atoms with Crippen molar-refractivity contribution >= 4 is 61.3 Å². The normalized spacial score (nSPS) is 14.5. The molecule has 1 aliphatic rings. The fourth-order valence-corrected chi connectivity index (χ4v) is 4.40. The number of anilines is 2. The maximum absolute atomic E-state index is 12.9. The highest BCUT2D eigenvalue weighted by atomic mass is 79.9. The largest absolute Gasteiger partial charge is 0.367 e. The summed E-state index contributed by atoms with van der Waals surface area (Å²) in [7, 11) is 2.14. The molecular weight excluding hydrogens is 460 g/mol. The van der Waals surface area contributed by atoms with Crippen molar-refractivity contribution in [1.82, 2.24) is 10.2 Å². The number of benzene rings is 3. The molecule has 0 atom stereocenters. The van der Waals surface area contributed by atoms with Gasteiger partial charge in [-0.1, -0.05) is 52.3 Å². The molecule has 0 saturated carbocycles. The number of hydrogen-bond acceptors (Lipinski definition) is 4. The van der Waals surface area contributed by atoms with E-state index in [0.717, 1.165) is 52.8 Å². The minimum atomic E-state index is -0.228. The number of piperazine rings is 1. The van der Waals surface area contributed by atoms with Crippen LogP contribution in [-0.4, -0.2) is 49.1 Å².